The van der Waals surface area contributed by atoms with Crippen LogP contribution < -0.4 is 5.73 Å². The summed E-state index contributed by atoms with van der Waals surface area (Å²) in [6.45, 7) is 0.411. The van der Waals surface area contributed by atoms with Crippen LogP contribution in [0, 0.1) is 17.1 Å². The van der Waals surface area contributed by atoms with E-state index in [1.807, 2.05) is 6.07 Å². The van der Waals surface area contributed by atoms with Crippen molar-refractivity contribution in [3.05, 3.63) is 47.8 Å². The number of carbonyl (C=O) groups is 1. The van der Waals surface area contributed by atoms with Gasteiger partial charge in [-0.2, -0.15) is 5.26 Å². The van der Waals surface area contributed by atoms with Crippen molar-refractivity contribution in [2.75, 3.05) is 6.54 Å². The Bertz CT molecular complexity index is 533. The molecule has 0 bridgehead atoms. The van der Waals surface area contributed by atoms with Crippen molar-refractivity contribution in [2.24, 2.45) is 5.73 Å². The number of nitrogens with zero attached hydrogens (tertiary/aromatic N) is 2. The zero-order valence-electron chi connectivity index (χ0n) is 10.3. The predicted octanol–water partition coefficient (Wildman–Crippen LogP) is 0.986. The first-order valence-corrected chi connectivity index (χ1v) is 5.98. The van der Waals surface area contributed by atoms with Crippen molar-refractivity contribution >= 4 is 5.91 Å². The van der Waals surface area contributed by atoms with Gasteiger partial charge in [-0.15, -0.1) is 0 Å². The lowest BCUT2D eigenvalue weighted by molar-refractivity contribution is -0.132. The third-order valence-electron chi connectivity index (χ3n) is 3.06. The topological polar surface area (TPSA) is 70.1 Å². The summed E-state index contributed by atoms with van der Waals surface area (Å²) in [7, 11) is 0. The highest BCUT2D eigenvalue weighted by atomic mass is 19.1. The second-order valence-corrected chi connectivity index (χ2v) is 4.43. The number of benzene rings is 1. The van der Waals surface area contributed by atoms with E-state index >= 15 is 0 Å². The average Bonchev–Trinajstić information content (AvgIpc) is 2.88. The number of carbonyl (C=O) groups excluding carboxylic acids is 1. The van der Waals surface area contributed by atoms with E-state index < -0.39 is 12.1 Å². The van der Waals surface area contributed by atoms with Crippen LogP contribution in [0.1, 0.15) is 5.56 Å². The summed E-state index contributed by atoms with van der Waals surface area (Å²) in [5, 5.41) is 8.91. The van der Waals surface area contributed by atoms with E-state index in [-0.39, 0.29) is 11.7 Å². The SMILES string of the molecule is N#CC1C=CCN1C(=O)C(N)Cc1ccc(F)cc1. The van der Waals surface area contributed by atoms with E-state index in [2.05, 4.69) is 0 Å². The predicted molar refractivity (Wildman–Crippen MR) is 68.3 cm³/mol. The molecule has 0 spiro atoms. The fourth-order valence-electron chi connectivity index (χ4n) is 2.04. The van der Waals surface area contributed by atoms with E-state index in [1.54, 1.807) is 24.3 Å². The van der Waals surface area contributed by atoms with E-state index in [0.29, 0.717) is 13.0 Å². The first kappa shape index (κ1) is 13.2. The van der Waals surface area contributed by atoms with Crippen molar-refractivity contribution in [1.29, 1.82) is 5.26 Å². The summed E-state index contributed by atoms with van der Waals surface area (Å²) >= 11 is 0. The average molecular weight is 259 g/mol. The monoisotopic (exact) mass is 259 g/mol. The Labute approximate surface area is 110 Å². The summed E-state index contributed by atoms with van der Waals surface area (Å²) in [6.07, 6.45) is 3.78. The van der Waals surface area contributed by atoms with Gasteiger partial charge in [0.2, 0.25) is 5.91 Å². The largest absolute Gasteiger partial charge is 0.320 e. The summed E-state index contributed by atoms with van der Waals surface area (Å²) in [5.41, 5.74) is 6.66. The van der Waals surface area contributed by atoms with Crippen LogP contribution in [0.25, 0.3) is 0 Å². The van der Waals surface area contributed by atoms with Crippen LogP contribution in [-0.4, -0.2) is 29.4 Å². The number of hydrogen-bond donors (Lipinski definition) is 1. The molecule has 2 unspecified atom stereocenters. The first-order valence-electron chi connectivity index (χ1n) is 5.98. The van der Waals surface area contributed by atoms with E-state index in [4.69, 9.17) is 11.0 Å². The molecule has 0 radical (unpaired) electrons. The van der Waals surface area contributed by atoms with Gasteiger partial charge in [0, 0.05) is 6.54 Å². The molecule has 0 aromatic heterocycles. The molecule has 0 saturated heterocycles. The van der Waals surface area contributed by atoms with Gasteiger partial charge in [0.05, 0.1) is 12.1 Å². The van der Waals surface area contributed by atoms with Crippen LogP contribution in [0.5, 0.6) is 0 Å². The molecule has 19 heavy (non-hydrogen) atoms. The molecule has 1 heterocycles. The van der Waals surface area contributed by atoms with E-state index in [9.17, 15) is 9.18 Å². The molecule has 1 aromatic carbocycles. The molecule has 0 aliphatic carbocycles. The molecule has 0 fully saturated rings. The summed E-state index contributed by atoms with van der Waals surface area (Å²) in [4.78, 5) is 13.6. The van der Waals surface area contributed by atoms with Crippen molar-refractivity contribution < 1.29 is 9.18 Å². The van der Waals surface area contributed by atoms with Gasteiger partial charge in [-0.3, -0.25) is 4.79 Å². The van der Waals surface area contributed by atoms with Gasteiger partial charge in [-0.1, -0.05) is 18.2 Å². The molecule has 1 aromatic rings. The van der Waals surface area contributed by atoms with Gasteiger partial charge in [0.1, 0.15) is 11.9 Å². The van der Waals surface area contributed by atoms with Crippen molar-refractivity contribution in [3.63, 3.8) is 0 Å². The molecule has 0 saturated carbocycles. The van der Waals surface area contributed by atoms with Gasteiger partial charge in [-0.05, 0) is 30.2 Å². The van der Waals surface area contributed by atoms with Crippen molar-refractivity contribution in [1.82, 2.24) is 4.90 Å². The van der Waals surface area contributed by atoms with Crippen LogP contribution in [0.4, 0.5) is 4.39 Å². The van der Waals surface area contributed by atoms with Crippen LogP contribution >= 0.6 is 0 Å². The number of nitrogens with two attached hydrogens (primary N) is 1. The third kappa shape index (κ3) is 2.98. The number of hydrogen-bond acceptors (Lipinski definition) is 3. The minimum atomic E-state index is -0.721. The highest BCUT2D eigenvalue weighted by molar-refractivity contribution is 5.83. The molecule has 1 aliphatic heterocycles. The molecule has 1 aliphatic rings. The highest BCUT2D eigenvalue weighted by Crippen LogP contribution is 2.12. The van der Waals surface area contributed by atoms with Crippen LogP contribution in [0.2, 0.25) is 0 Å². The van der Waals surface area contributed by atoms with E-state index in [0.717, 1.165) is 5.56 Å². The lowest BCUT2D eigenvalue weighted by atomic mass is 10.1. The van der Waals surface area contributed by atoms with Gasteiger partial charge >= 0.3 is 0 Å². The minimum Gasteiger partial charge on any atom is -0.320 e. The summed E-state index contributed by atoms with van der Waals surface area (Å²) in [6, 6.07) is 6.66. The number of amides is 1. The minimum absolute atomic E-state index is 0.263. The van der Waals surface area contributed by atoms with Crippen molar-refractivity contribution in [2.45, 2.75) is 18.5 Å². The zero-order valence-corrected chi connectivity index (χ0v) is 10.3. The normalized spacial score (nSPS) is 19.2. The Morgan fingerprint density at radius 3 is 2.84 bits per heavy atom. The second kappa shape index (κ2) is 5.63. The Hall–Kier alpha value is -2.19. The van der Waals surface area contributed by atoms with Crippen LogP contribution in [-0.2, 0) is 11.2 Å². The maximum Gasteiger partial charge on any atom is 0.241 e. The quantitative estimate of drug-likeness (QED) is 0.823. The fraction of sp³-hybridized carbons (Fsp3) is 0.286. The maximum absolute atomic E-state index is 12.8. The van der Waals surface area contributed by atoms with Gasteiger partial charge < -0.3 is 10.6 Å². The first-order chi connectivity index (χ1) is 9.11. The Balaban J connectivity index is 2.00. The van der Waals surface area contributed by atoms with Crippen LogP contribution in [0.3, 0.4) is 0 Å². The molecule has 1 amide bonds. The lowest BCUT2D eigenvalue weighted by Crippen LogP contribution is -2.46. The Morgan fingerprint density at radius 1 is 1.53 bits per heavy atom. The third-order valence-corrected chi connectivity index (χ3v) is 3.06. The molecule has 2 N–H and O–H groups in total. The smallest absolute Gasteiger partial charge is 0.241 e. The van der Waals surface area contributed by atoms with Crippen LogP contribution in [0.15, 0.2) is 36.4 Å². The van der Waals surface area contributed by atoms with E-state index in [1.165, 1.54) is 17.0 Å². The van der Waals surface area contributed by atoms with Gasteiger partial charge in [0.15, 0.2) is 0 Å². The van der Waals surface area contributed by atoms with Gasteiger partial charge in [-0.25, -0.2) is 4.39 Å². The molecule has 98 valence electrons. The summed E-state index contributed by atoms with van der Waals surface area (Å²) in [5.74, 6) is -0.585. The number of rotatable bonds is 3. The standard InChI is InChI=1S/C14H14FN3O/c15-11-5-3-10(4-6-11)8-13(17)14(19)18-7-1-2-12(18)9-16/h1-6,12-13H,7-8,17H2. The molecular formula is C14H14FN3O. The van der Waals surface area contributed by atoms with Crippen molar-refractivity contribution in [3.8, 4) is 6.07 Å². The number of halogens is 1. The number of nitriles is 1. The fourth-order valence-corrected chi connectivity index (χ4v) is 2.04. The second-order valence-electron chi connectivity index (χ2n) is 4.43. The Kier molecular flexibility index (Phi) is 3.93. The molecule has 5 heteroatoms. The zero-order chi connectivity index (χ0) is 13.8. The summed E-state index contributed by atoms with van der Waals surface area (Å²) < 4.78 is 12.8. The maximum atomic E-state index is 12.8. The highest BCUT2D eigenvalue weighted by Gasteiger charge is 2.28. The molecule has 2 atom stereocenters. The molecule has 2 rings (SSSR count). The lowest BCUT2D eigenvalue weighted by Gasteiger charge is -2.23. The molecule has 4 nitrogen and oxygen atoms in total. The Morgan fingerprint density at radius 2 is 2.21 bits per heavy atom. The van der Waals surface area contributed by atoms with Gasteiger partial charge in [0.25, 0.3) is 0 Å². The molecular weight excluding hydrogens is 245 g/mol.